The average Bonchev–Trinajstić information content (AvgIpc) is 3.19. The summed E-state index contributed by atoms with van der Waals surface area (Å²) in [6.07, 6.45) is 0. The molecular formula is C16H16N2O3S2. The molecule has 3 rings (SSSR count). The van der Waals surface area contributed by atoms with Gasteiger partial charge in [-0.2, -0.15) is 0 Å². The SMILES string of the molecule is Cc1sc2cc(C(=O)N(C)C(C)c3cccs3)[nH]c2c1C(=O)O. The Balaban J connectivity index is 1.93. The van der Waals surface area contributed by atoms with Crippen LogP contribution in [-0.2, 0) is 0 Å². The second-order valence-corrected chi connectivity index (χ2v) is 7.60. The van der Waals surface area contributed by atoms with Gasteiger partial charge in [0.05, 0.1) is 21.8 Å². The summed E-state index contributed by atoms with van der Waals surface area (Å²) < 4.78 is 0.792. The van der Waals surface area contributed by atoms with Gasteiger partial charge in [0.25, 0.3) is 5.91 Å². The summed E-state index contributed by atoms with van der Waals surface area (Å²) >= 11 is 2.99. The van der Waals surface area contributed by atoms with Crippen molar-refractivity contribution in [2.75, 3.05) is 7.05 Å². The number of hydrogen-bond donors (Lipinski definition) is 2. The van der Waals surface area contributed by atoms with E-state index in [-0.39, 0.29) is 17.5 Å². The fourth-order valence-electron chi connectivity index (χ4n) is 2.55. The van der Waals surface area contributed by atoms with E-state index in [9.17, 15) is 14.7 Å². The third-order valence-corrected chi connectivity index (χ3v) is 6.04. The van der Waals surface area contributed by atoms with Gasteiger partial charge >= 0.3 is 5.97 Å². The minimum absolute atomic E-state index is 0.0375. The number of nitrogens with one attached hydrogen (secondary N) is 1. The van der Waals surface area contributed by atoms with Crippen LogP contribution in [0.3, 0.4) is 0 Å². The first-order valence-electron chi connectivity index (χ1n) is 7.06. The van der Waals surface area contributed by atoms with Gasteiger partial charge in [0.2, 0.25) is 0 Å². The highest BCUT2D eigenvalue weighted by atomic mass is 32.1. The molecule has 0 saturated carbocycles. The van der Waals surface area contributed by atoms with Crippen LogP contribution >= 0.6 is 22.7 Å². The molecule has 1 atom stereocenters. The Morgan fingerprint density at radius 2 is 2.13 bits per heavy atom. The number of H-pyrrole nitrogens is 1. The van der Waals surface area contributed by atoms with E-state index in [0.29, 0.717) is 11.2 Å². The molecule has 0 radical (unpaired) electrons. The molecule has 23 heavy (non-hydrogen) atoms. The van der Waals surface area contributed by atoms with Crippen LogP contribution < -0.4 is 0 Å². The van der Waals surface area contributed by atoms with Crippen molar-refractivity contribution in [3.8, 4) is 0 Å². The molecule has 7 heteroatoms. The van der Waals surface area contributed by atoms with Crippen LogP contribution in [0.25, 0.3) is 10.2 Å². The van der Waals surface area contributed by atoms with Crippen molar-refractivity contribution >= 4 is 44.8 Å². The topological polar surface area (TPSA) is 73.4 Å². The smallest absolute Gasteiger partial charge is 0.338 e. The van der Waals surface area contributed by atoms with E-state index < -0.39 is 5.97 Å². The van der Waals surface area contributed by atoms with Gasteiger partial charge in [-0.3, -0.25) is 4.79 Å². The van der Waals surface area contributed by atoms with Gasteiger partial charge in [-0.15, -0.1) is 22.7 Å². The molecule has 2 N–H and O–H groups in total. The van der Waals surface area contributed by atoms with Crippen LogP contribution in [0.2, 0.25) is 0 Å². The van der Waals surface area contributed by atoms with Crippen molar-refractivity contribution in [2.24, 2.45) is 0 Å². The van der Waals surface area contributed by atoms with Crippen LogP contribution in [0.1, 0.15) is 43.6 Å². The maximum Gasteiger partial charge on any atom is 0.338 e. The van der Waals surface area contributed by atoms with Crippen molar-refractivity contribution in [1.29, 1.82) is 0 Å². The summed E-state index contributed by atoms with van der Waals surface area (Å²) in [5, 5.41) is 11.3. The number of carbonyl (C=O) groups excluding carboxylic acids is 1. The maximum absolute atomic E-state index is 12.7. The van der Waals surface area contributed by atoms with E-state index in [4.69, 9.17) is 0 Å². The Morgan fingerprint density at radius 1 is 1.39 bits per heavy atom. The van der Waals surface area contributed by atoms with Crippen LogP contribution in [0.5, 0.6) is 0 Å². The van der Waals surface area contributed by atoms with Gasteiger partial charge in [0.1, 0.15) is 5.69 Å². The molecule has 3 aromatic rings. The molecule has 0 fully saturated rings. The number of nitrogens with zero attached hydrogens (tertiary/aromatic N) is 1. The van der Waals surface area contributed by atoms with Gasteiger partial charge in [-0.05, 0) is 31.4 Å². The van der Waals surface area contributed by atoms with E-state index in [1.54, 1.807) is 36.3 Å². The summed E-state index contributed by atoms with van der Waals surface area (Å²) in [5.74, 6) is -1.13. The summed E-state index contributed by atoms with van der Waals surface area (Å²) in [6, 6.07) is 5.66. The van der Waals surface area contributed by atoms with E-state index >= 15 is 0 Å². The number of carboxylic acids is 1. The number of aryl methyl sites for hydroxylation is 1. The molecule has 120 valence electrons. The molecule has 1 amide bonds. The number of aromatic amines is 1. The zero-order valence-electron chi connectivity index (χ0n) is 12.9. The molecule has 3 heterocycles. The molecule has 0 bridgehead atoms. The first kappa shape index (κ1) is 15.8. The first-order chi connectivity index (χ1) is 10.9. The van der Waals surface area contributed by atoms with Crippen molar-refractivity contribution in [1.82, 2.24) is 9.88 Å². The number of amides is 1. The first-order valence-corrected chi connectivity index (χ1v) is 8.75. The Bertz CT molecular complexity index is 877. The normalized spacial score (nSPS) is 12.5. The van der Waals surface area contributed by atoms with Crippen LogP contribution in [-0.4, -0.2) is 33.9 Å². The van der Waals surface area contributed by atoms with Crippen LogP contribution in [0.4, 0.5) is 0 Å². The summed E-state index contributed by atoms with van der Waals surface area (Å²) in [7, 11) is 1.75. The molecule has 3 aromatic heterocycles. The lowest BCUT2D eigenvalue weighted by Gasteiger charge is -2.23. The summed E-state index contributed by atoms with van der Waals surface area (Å²) in [4.78, 5) is 30.5. The maximum atomic E-state index is 12.7. The zero-order chi connectivity index (χ0) is 16.7. The second-order valence-electron chi connectivity index (χ2n) is 5.37. The molecule has 0 aromatic carbocycles. The third-order valence-electron chi connectivity index (χ3n) is 3.95. The predicted molar refractivity (Wildman–Crippen MR) is 92.7 cm³/mol. The number of hydrogen-bond acceptors (Lipinski definition) is 4. The molecule has 1 unspecified atom stereocenters. The zero-order valence-corrected chi connectivity index (χ0v) is 14.5. The fraction of sp³-hybridized carbons (Fsp3) is 0.250. The number of thiophene rings is 2. The Morgan fingerprint density at radius 3 is 2.74 bits per heavy atom. The van der Waals surface area contributed by atoms with Gasteiger partial charge in [-0.25, -0.2) is 4.79 Å². The Labute approximate surface area is 141 Å². The number of carbonyl (C=O) groups is 2. The summed E-state index contributed by atoms with van der Waals surface area (Å²) in [5.41, 5.74) is 1.19. The molecule has 0 aliphatic heterocycles. The van der Waals surface area contributed by atoms with Gasteiger partial charge in [-0.1, -0.05) is 6.07 Å². The molecule has 0 spiro atoms. The molecule has 5 nitrogen and oxygen atoms in total. The van der Waals surface area contributed by atoms with Crippen molar-refractivity contribution < 1.29 is 14.7 Å². The van der Waals surface area contributed by atoms with Crippen molar-refractivity contribution in [3.63, 3.8) is 0 Å². The van der Waals surface area contributed by atoms with E-state index in [1.165, 1.54) is 11.3 Å². The molecule has 0 aliphatic carbocycles. The van der Waals surface area contributed by atoms with Crippen LogP contribution in [0.15, 0.2) is 23.6 Å². The van der Waals surface area contributed by atoms with Gasteiger partial charge in [0.15, 0.2) is 0 Å². The quantitative estimate of drug-likeness (QED) is 0.744. The fourth-order valence-corrected chi connectivity index (χ4v) is 4.43. The highest BCUT2D eigenvalue weighted by Gasteiger charge is 2.24. The number of aromatic carboxylic acids is 1. The van der Waals surface area contributed by atoms with Crippen LogP contribution in [0, 0.1) is 6.92 Å². The number of rotatable bonds is 4. The molecular weight excluding hydrogens is 332 g/mol. The number of fused-ring (bicyclic) bond motifs is 1. The van der Waals surface area contributed by atoms with Gasteiger partial charge < -0.3 is 15.0 Å². The van der Waals surface area contributed by atoms with Crippen molar-refractivity contribution in [3.05, 3.63) is 44.6 Å². The van der Waals surface area contributed by atoms with Gasteiger partial charge in [0, 0.05) is 16.8 Å². The average molecular weight is 348 g/mol. The monoisotopic (exact) mass is 348 g/mol. The predicted octanol–water partition coefficient (Wildman–Crippen LogP) is 4.13. The third kappa shape index (κ3) is 2.66. The minimum atomic E-state index is -0.977. The standard InChI is InChI=1S/C16H16N2O3S2/c1-8(11-5-4-6-22-11)18(3)15(19)10-7-12-14(17-10)13(16(20)21)9(2)23-12/h4-8,17H,1-3H3,(H,20,21). The second kappa shape index (κ2) is 5.82. The van der Waals surface area contributed by atoms with E-state index in [2.05, 4.69) is 4.98 Å². The van der Waals surface area contributed by atoms with E-state index in [1.807, 2.05) is 24.4 Å². The lowest BCUT2D eigenvalue weighted by atomic mass is 10.2. The highest BCUT2D eigenvalue weighted by Crippen LogP contribution is 2.32. The largest absolute Gasteiger partial charge is 0.478 e. The lowest BCUT2D eigenvalue weighted by molar-refractivity contribution is 0.0695. The highest BCUT2D eigenvalue weighted by molar-refractivity contribution is 7.19. The molecule has 0 saturated heterocycles. The molecule has 0 aliphatic rings. The number of carboxylic acid groups (broad SMARTS) is 1. The van der Waals surface area contributed by atoms with Crippen molar-refractivity contribution in [2.45, 2.75) is 19.9 Å². The number of aromatic nitrogens is 1. The minimum Gasteiger partial charge on any atom is -0.478 e. The Kier molecular flexibility index (Phi) is 3.99. The van der Waals surface area contributed by atoms with E-state index in [0.717, 1.165) is 14.5 Å². The summed E-state index contributed by atoms with van der Waals surface area (Å²) in [6.45, 7) is 3.75. The lowest BCUT2D eigenvalue weighted by Crippen LogP contribution is -2.29. The Hall–Kier alpha value is -2.12.